The van der Waals surface area contributed by atoms with E-state index in [1.165, 1.54) is 0 Å². The molecule has 0 unspecified atom stereocenters. The molecule has 1 aliphatic heterocycles. The second-order valence-corrected chi connectivity index (χ2v) is 16.0. The molecule has 0 bridgehead atoms. The highest BCUT2D eigenvalue weighted by Crippen LogP contribution is 2.30. The molecule has 1 aliphatic rings. The highest BCUT2D eigenvalue weighted by molar-refractivity contribution is 6.00. The first-order valence-corrected chi connectivity index (χ1v) is 20.2. The third-order valence-electron chi connectivity index (χ3n) is 10.3. The van der Waals surface area contributed by atoms with Crippen LogP contribution in [0.1, 0.15) is 70.0 Å². The van der Waals surface area contributed by atoms with E-state index in [0.29, 0.717) is 50.1 Å². The molecule has 304 valence electrons. The molecule has 1 saturated heterocycles. The summed E-state index contributed by atoms with van der Waals surface area (Å²) in [7, 11) is 0. The standard InChI is InChI=1S/C47H51N7O5/c1-5-24-53(42(55)26-31-13-8-6-9-14-31)30-41-48-29-39(51-41)33-20-18-32(19-21-33)38-28-35-27-36(22-23-37(35)50-38)49-44(56)40-17-12-25-54(40)45(57)43(34-15-10-7-11-16-34)52-46(58)59-47(2,3)4/h6-11,13-16,18-23,27-29,40,43,50H,5,12,17,24-26,30H2,1-4H3,(H,48,51)(H,49,56)(H,52,58)/t40-,43+/m0/s1. The molecule has 4 N–H and O–H groups in total. The maximum atomic E-state index is 14.0. The number of hydrogen-bond donors (Lipinski definition) is 4. The van der Waals surface area contributed by atoms with Crippen molar-refractivity contribution in [2.75, 3.05) is 18.4 Å². The number of aromatic amines is 2. The van der Waals surface area contributed by atoms with E-state index < -0.39 is 23.8 Å². The van der Waals surface area contributed by atoms with E-state index in [1.807, 2.05) is 89.8 Å². The number of carbonyl (C=O) groups is 4. The summed E-state index contributed by atoms with van der Waals surface area (Å²) in [5.41, 5.74) is 6.13. The van der Waals surface area contributed by atoms with Gasteiger partial charge in [0.1, 0.15) is 23.5 Å². The van der Waals surface area contributed by atoms with Crippen LogP contribution in [-0.2, 0) is 32.1 Å². The van der Waals surface area contributed by atoms with Crippen molar-refractivity contribution in [2.24, 2.45) is 0 Å². The van der Waals surface area contributed by atoms with Crippen LogP contribution in [0.25, 0.3) is 33.4 Å². The molecular weight excluding hydrogens is 743 g/mol. The first-order chi connectivity index (χ1) is 28.4. The number of hydrogen-bond acceptors (Lipinski definition) is 6. The third kappa shape index (κ3) is 10.1. The molecule has 0 aliphatic carbocycles. The van der Waals surface area contributed by atoms with Crippen LogP contribution in [0.2, 0.25) is 0 Å². The summed E-state index contributed by atoms with van der Waals surface area (Å²) in [6, 6.07) is 33.0. The lowest BCUT2D eigenvalue weighted by Crippen LogP contribution is -2.49. The van der Waals surface area contributed by atoms with Gasteiger partial charge in [0.25, 0.3) is 5.91 Å². The van der Waals surface area contributed by atoms with Crippen LogP contribution in [0, 0.1) is 0 Å². The van der Waals surface area contributed by atoms with Gasteiger partial charge in [0, 0.05) is 35.4 Å². The number of fused-ring (bicyclic) bond motifs is 1. The number of rotatable bonds is 13. The first kappa shape index (κ1) is 40.5. The topological polar surface area (TPSA) is 153 Å². The van der Waals surface area contributed by atoms with Crippen LogP contribution in [0.5, 0.6) is 0 Å². The van der Waals surface area contributed by atoms with E-state index in [9.17, 15) is 19.2 Å². The normalized spacial score (nSPS) is 14.5. The summed E-state index contributed by atoms with van der Waals surface area (Å²) < 4.78 is 5.46. The Balaban J connectivity index is 0.996. The fourth-order valence-corrected chi connectivity index (χ4v) is 7.46. The van der Waals surface area contributed by atoms with Crippen LogP contribution in [0.3, 0.4) is 0 Å². The van der Waals surface area contributed by atoms with E-state index >= 15 is 0 Å². The van der Waals surface area contributed by atoms with Gasteiger partial charge in [-0.2, -0.15) is 0 Å². The molecule has 0 radical (unpaired) electrons. The first-order valence-electron chi connectivity index (χ1n) is 20.2. The van der Waals surface area contributed by atoms with Gasteiger partial charge in [-0.25, -0.2) is 9.78 Å². The van der Waals surface area contributed by atoms with Gasteiger partial charge in [0.05, 0.1) is 24.9 Å². The van der Waals surface area contributed by atoms with Gasteiger partial charge in [-0.15, -0.1) is 0 Å². The van der Waals surface area contributed by atoms with Crippen LogP contribution < -0.4 is 10.6 Å². The molecule has 12 nitrogen and oxygen atoms in total. The zero-order valence-electron chi connectivity index (χ0n) is 34.0. The Hall–Kier alpha value is -6.69. The zero-order valence-corrected chi connectivity index (χ0v) is 34.0. The molecule has 12 heteroatoms. The SMILES string of the molecule is CCCN(Cc1ncc(-c2ccc(-c3cc4cc(NC(=O)[C@@H]5CCCN5C(=O)[C@H](NC(=O)OC(C)(C)C)c5ccccc5)ccc4[nH]3)cc2)[nH]1)C(=O)Cc1ccccc1. The van der Waals surface area contributed by atoms with Crippen molar-refractivity contribution in [2.45, 2.75) is 77.6 Å². The van der Waals surface area contributed by atoms with Crippen molar-refractivity contribution in [1.29, 1.82) is 0 Å². The molecule has 59 heavy (non-hydrogen) atoms. The van der Waals surface area contributed by atoms with Crippen molar-refractivity contribution in [3.8, 4) is 22.5 Å². The number of nitrogens with one attached hydrogen (secondary N) is 4. The van der Waals surface area contributed by atoms with E-state index in [0.717, 1.165) is 51.2 Å². The van der Waals surface area contributed by atoms with Crippen LogP contribution >= 0.6 is 0 Å². The molecule has 2 aromatic heterocycles. The van der Waals surface area contributed by atoms with Gasteiger partial charge < -0.3 is 35.1 Å². The van der Waals surface area contributed by atoms with E-state index in [1.54, 1.807) is 56.1 Å². The molecule has 7 rings (SSSR count). The monoisotopic (exact) mass is 793 g/mol. The zero-order chi connectivity index (χ0) is 41.5. The van der Waals surface area contributed by atoms with Crippen molar-refractivity contribution in [1.82, 2.24) is 30.1 Å². The van der Waals surface area contributed by atoms with Crippen LogP contribution in [0.4, 0.5) is 10.5 Å². The van der Waals surface area contributed by atoms with Gasteiger partial charge in [-0.1, -0.05) is 91.9 Å². The number of H-pyrrole nitrogens is 2. The predicted molar refractivity (Wildman–Crippen MR) is 229 cm³/mol. The molecule has 3 heterocycles. The highest BCUT2D eigenvalue weighted by atomic mass is 16.6. The summed E-state index contributed by atoms with van der Waals surface area (Å²) in [5, 5.41) is 6.69. The summed E-state index contributed by atoms with van der Waals surface area (Å²) >= 11 is 0. The maximum absolute atomic E-state index is 14.0. The quantitative estimate of drug-likeness (QED) is 0.0922. The fraction of sp³-hybridized carbons (Fsp3) is 0.298. The Bertz CT molecular complexity index is 2400. The molecule has 0 saturated carbocycles. The second kappa shape index (κ2) is 17.8. The number of likely N-dealkylation sites (tertiary alicyclic amines) is 1. The predicted octanol–water partition coefficient (Wildman–Crippen LogP) is 8.40. The Morgan fingerprint density at radius 3 is 2.27 bits per heavy atom. The summed E-state index contributed by atoms with van der Waals surface area (Å²) in [4.78, 5) is 68.6. The largest absolute Gasteiger partial charge is 0.444 e. The van der Waals surface area contributed by atoms with Crippen molar-refractivity contribution < 1.29 is 23.9 Å². The number of amides is 4. The average Bonchev–Trinajstić information content (AvgIpc) is 4.00. The van der Waals surface area contributed by atoms with Gasteiger partial charge in [-0.3, -0.25) is 14.4 Å². The molecule has 4 aromatic carbocycles. The van der Waals surface area contributed by atoms with Gasteiger partial charge >= 0.3 is 6.09 Å². The Morgan fingerprint density at radius 1 is 0.881 bits per heavy atom. The number of carbonyl (C=O) groups excluding carboxylic acids is 4. The Morgan fingerprint density at radius 2 is 1.58 bits per heavy atom. The molecular formula is C47H51N7O5. The van der Waals surface area contributed by atoms with Crippen molar-refractivity contribution in [3.63, 3.8) is 0 Å². The van der Waals surface area contributed by atoms with E-state index in [2.05, 4.69) is 32.5 Å². The van der Waals surface area contributed by atoms with E-state index in [-0.39, 0.29) is 17.7 Å². The lowest BCUT2D eigenvalue weighted by molar-refractivity contribution is -0.138. The minimum absolute atomic E-state index is 0.0731. The average molecular weight is 794 g/mol. The second-order valence-electron chi connectivity index (χ2n) is 16.0. The maximum Gasteiger partial charge on any atom is 0.408 e. The van der Waals surface area contributed by atoms with E-state index in [4.69, 9.17) is 4.74 Å². The smallest absolute Gasteiger partial charge is 0.408 e. The number of anilines is 1. The van der Waals surface area contributed by atoms with Gasteiger partial charge in [0.2, 0.25) is 11.8 Å². The van der Waals surface area contributed by atoms with Crippen LogP contribution in [0.15, 0.2) is 115 Å². The summed E-state index contributed by atoms with van der Waals surface area (Å²) in [5.74, 6) is 0.152. The van der Waals surface area contributed by atoms with Crippen molar-refractivity contribution in [3.05, 3.63) is 132 Å². The third-order valence-corrected chi connectivity index (χ3v) is 10.3. The van der Waals surface area contributed by atoms with Crippen LogP contribution in [-0.4, -0.2) is 73.3 Å². The molecule has 0 spiro atoms. The Labute approximate surface area is 344 Å². The molecule has 6 aromatic rings. The van der Waals surface area contributed by atoms with Crippen molar-refractivity contribution >= 4 is 40.4 Å². The highest BCUT2D eigenvalue weighted by Gasteiger charge is 2.39. The number of alkyl carbamates (subject to hydrolysis) is 1. The number of ether oxygens (including phenoxy) is 1. The number of imidazole rings is 1. The number of nitrogens with zero attached hydrogens (tertiary/aromatic N) is 3. The molecule has 2 atom stereocenters. The minimum atomic E-state index is -1.01. The molecule has 4 amide bonds. The summed E-state index contributed by atoms with van der Waals surface area (Å²) in [6.07, 6.45) is 3.47. The Kier molecular flexibility index (Phi) is 12.3. The fourth-order valence-electron chi connectivity index (χ4n) is 7.46. The lowest BCUT2D eigenvalue weighted by Gasteiger charge is -2.29. The van der Waals surface area contributed by atoms with Gasteiger partial charge in [0.15, 0.2) is 0 Å². The lowest BCUT2D eigenvalue weighted by atomic mass is 10.0. The minimum Gasteiger partial charge on any atom is -0.444 e. The molecule has 1 fully saturated rings. The number of benzene rings is 4. The van der Waals surface area contributed by atoms with Gasteiger partial charge in [-0.05, 0) is 86.6 Å². The number of aromatic nitrogens is 3. The summed E-state index contributed by atoms with van der Waals surface area (Å²) in [6.45, 7) is 8.80.